The van der Waals surface area contributed by atoms with Crippen LogP contribution in [0.15, 0.2) is 47.1 Å². The molecule has 2 heterocycles. The molecule has 0 aliphatic carbocycles. The smallest absolute Gasteiger partial charge is 0.290 e. The third kappa shape index (κ3) is 4.91. The van der Waals surface area contributed by atoms with Crippen molar-refractivity contribution in [3.8, 4) is 0 Å². The summed E-state index contributed by atoms with van der Waals surface area (Å²) in [7, 11) is -1.71. The second kappa shape index (κ2) is 9.44. The molecule has 1 N–H and O–H groups in total. The molecule has 1 aliphatic heterocycles. The number of fused-ring (bicyclic) bond motifs is 1. The number of hydrogen-bond donors (Lipinski definition) is 1. The predicted molar refractivity (Wildman–Crippen MR) is 112 cm³/mol. The van der Waals surface area contributed by atoms with Crippen LogP contribution in [0.25, 0.3) is 0 Å². The highest BCUT2D eigenvalue weighted by molar-refractivity contribution is 7.89. The first-order valence-corrected chi connectivity index (χ1v) is 11.6. The number of sulfonamides is 1. The standard InChI is InChI=1S/C21H27N3O5S/c1-3-30(27,28)23(2)12-7-11-22-20(25)18-14-16-8-4-5-9-17(16)15-24(18)21(26)19-10-6-13-29-19/h4-6,8-10,13,18H,3,7,11-12,14-15H2,1-2H3,(H,22,25). The van der Waals surface area contributed by atoms with Crippen molar-refractivity contribution in [1.29, 1.82) is 0 Å². The molecule has 1 aromatic carbocycles. The molecule has 2 amide bonds. The summed E-state index contributed by atoms with van der Waals surface area (Å²) in [4.78, 5) is 27.4. The molecule has 0 radical (unpaired) electrons. The van der Waals surface area contributed by atoms with Gasteiger partial charge in [-0.1, -0.05) is 24.3 Å². The van der Waals surface area contributed by atoms with Crippen LogP contribution in [-0.2, 0) is 27.8 Å². The summed E-state index contributed by atoms with van der Waals surface area (Å²) in [5.74, 6) is -0.353. The molecule has 9 heteroatoms. The molecule has 1 aliphatic rings. The minimum atomic E-state index is -3.24. The van der Waals surface area contributed by atoms with Gasteiger partial charge in [0, 0.05) is 33.1 Å². The summed E-state index contributed by atoms with van der Waals surface area (Å²) in [5.41, 5.74) is 2.04. The summed E-state index contributed by atoms with van der Waals surface area (Å²) in [6.45, 7) is 2.56. The van der Waals surface area contributed by atoms with Crippen molar-refractivity contribution in [2.75, 3.05) is 25.9 Å². The number of nitrogens with one attached hydrogen (secondary N) is 1. The molecule has 3 rings (SSSR count). The number of carbonyl (C=O) groups excluding carboxylic acids is 2. The molecule has 0 saturated heterocycles. The highest BCUT2D eigenvalue weighted by Gasteiger charge is 2.35. The van der Waals surface area contributed by atoms with Gasteiger partial charge < -0.3 is 14.6 Å². The van der Waals surface area contributed by atoms with Crippen LogP contribution in [0.3, 0.4) is 0 Å². The third-order valence-electron chi connectivity index (χ3n) is 5.33. The largest absolute Gasteiger partial charge is 0.459 e. The zero-order chi connectivity index (χ0) is 21.7. The number of hydrogen-bond acceptors (Lipinski definition) is 5. The first-order chi connectivity index (χ1) is 14.3. The zero-order valence-electron chi connectivity index (χ0n) is 17.2. The van der Waals surface area contributed by atoms with Crippen LogP contribution in [0.1, 0.15) is 35.0 Å². The van der Waals surface area contributed by atoms with Crippen molar-refractivity contribution in [3.05, 3.63) is 59.5 Å². The number of carbonyl (C=O) groups is 2. The fourth-order valence-corrected chi connectivity index (χ4v) is 4.35. The van der Waals surface area contributed by atoms with Gasteiger partial charge in [0.15, 0.2) is 5.76 Å². The molecule has 162 valence electrons. The molecular weight excluding hydrogens is 406 g/mol. The van der Waals surface area contributed by atoms with Gasteiger partial charge >= 0.3 is 0 Å². The molecule has 1 atom stereocenters. The first kappa shape index (κ1) is 22.0. The van der Waals surface area contributed by atoms with E-state index in [1.165, 1.54) is 22.5 Å². The van der Waals surface area contributed by atoms with Crippen molar-refractivity contribution < 1.29 is 22.4 Å². The molecular formula is C21H27N3O5S. The van der Waals surface area contributed by atoms with Crippen LogP contribution in [0.5, 0.6) is 0 Å². The molecule has 0 fully saturated rings. The van der Waals surface area contributed by atoms with Gasteiger partial charge in [0.05, 0.1) is 12.0 Å². The van der Waals surface area contributed by atoms with E-state index in [0.29, 0.717) is 32.5 Å². The Morgan fingerprint density at radius 3 is 2.60 bits per heavy atom. The summed E-state index contributed by atoms with van der Waals surface area (Å²) < 4.78 is 30.2. The van der Waals surface area contributed by atoms with Crippen LogP contribution in [0, 0.1) is 0 Å². The lowest BCUT2D eigenvalue weighted by Crippen LogP contribution is -2.52. The number of furan rings is 1. The Kier molecular flexibility index (Phi) is 6.94. The van der Waals surface area contributed by atoms with Crippen molar-refractivity contribution in [1.82, 2.24) is 14.5 Å². The van der Waals surface area contributed by atoms with E-state index in [4.69, 9.17) is 4.42 Å². The molecule has 0 bridgehead atoms. The van der Waals surface area contributed by atoms with Crippen molar-refractivity contribution in [2.45, 2.75) is 32.4 Å². The first-order valence-electron chi connectivity index (χ1n) is 9.96. The zero-order valence-corrected chi connectivity index (χ0v) is 18.0. The Bertz CT molecular complexity index is 988. The quantitative estimate of drug-likeness (QED) is 0.638. The Balaban J connectivity index is 1.66. The van der Waals surface area contributed by atoms with Crippen LogP contribution in [-0.4, -0.2) is 61.4 Å². The fraction of sp³-hybridized carbons (Fsp3) is 0.429. The minimum absolute atomic E-state index is 0.0429. The van der Waals surface area contributed by atoms with Crippen LogP contribution in [0.4, 0.5) is 0 Å². The minimum Gasteiger partial charge on any atom is -0.459 e. The van der Waals surface area contributed by atoms with E-state index < -0.39 is 16.1 Å². The average Bonchev–Trinajstić information content (AvgIpc) is 3.29. The summed E-state index contributed by atoms with van der Waals surface area (Å²) in [5, 5.41) is 2.85. The van der Waals surface area contributed by atoms with Crippen molar-refractivity contribution >= 4 is 21.8 Å². The van der Waals surface area contributed by atoms with Crippen LogP contribution < -0.4 is 5.32 Å². The van der Waals surface area contributed by atoms with E-state index in [9.17, 15) is 18.0 Å². The maximum atomic E-state index is 12.9. The van der Waals surface area contributed by atoms with Crippen LogP contribution >= 0.6 is 0 Å². The number of amides is 2. The van der Waals surface area contributed by atoms with Crippen LogP contribution in [0.2, 0.25) is 0 Å². The lowest BCUT2D eigenvalue weighted by molar-refractivity contribution is -0.126. The van der Waals surface area contributed by atoms with E-state index in [1.807, 2.05) is 24.3 Å². The van der Waals surface area contributed by atoms with Gasteiger partial charge in [0.2, 0.25) is 15.9 Å². The van der Waals surface area contributed by atoms with Gasteiger partial charge in [0.1, 0.15) is 6.04 Å². The number of rotatable bonds is 8. The molecule has 8 nitrogen and oxygen atoms in total. The van der Waals surface area contributed by atoms with E-state index >= 15 is 0 Å². The summed E-state index contributed by atoms with van der Waals surface area (Å²) >= 11 is 0. The predicted octanol–water partition coefficient (Wildman–Crippen LogP) is 1.63. The Hall–Kier alpha value is -2.65. The highest BCUT2D eigenvalue weighted by atomic mass is 32.2. The van der Waals surface area contributed by atoms with Crippen molar-refractivity contribution in [3.63, 3.8) is 0 Å². The molecule has 30 heavy (non-hydrogen) atoms. The Morgan fingerprint density at radius 2 is 1.93 bits per heavy atom. The SMILES string of the molecule is CCS(=O)(=O)N(C)CCCNC(=O)C1Cc2ccccc2CN1C(=O)c1ccco1. The van der Waals surface area contributed by atoms with E-state index in [2.05, 4.69) is 5.32 Å². The van der Waals surface area contributed by atoms with E-state index in [0.717, 1.165) is 11.1 Å². The third-order valence-corrected chi connectivity index (χ3v) is 7.19. The average molecular weight is 434 g/mol. The Morgan fingerprint density at radius 1 is 1.20 bits per heavy atom. The van der Waals surface area contributed by atoms with E-state index in [-0.39, 0.29) is 23.3 Å². The Labute approximate surface area is 176 Å². The van der Waals surface area contributed by atoms with Gasteiger partial charge in [0.25, 0.3) is 5.91 Å². The van der Waals surface area contributed by atoms with Gasteiger partial charge in [-0.3, -0.25) is 9.59 Å². The highest BCUT2D eigenvalue weighted by Crippen LogP contribution is 2.25. The van der Waals surface area contributed by atoms with Crippen molar-refractivity contribution in [2.24, 2.45) is 0 Å². The fourth-order valence-electron chi connectivity index (χ4n) is 3.50. The van der Waals surface area contributed by atoms with Gasteiger partial charge in [-0.25, -0.2) is 12.7 Å². The van der Waals surface area contributed by atoms with Gasteiger partial charge in [-0.15, -0.1) is 0 Å². The molecule has 1 aromatic heterocycles. The second-order valence-corrected chi connectivity index (χ2v) is 9.63. The second-order valence-electron chi connectivity index (χ2n) is 7.27. The number of nitrogens with zero attached hydrogens (tertiary/aromatic N) is 2. The lowest BCUT2D eigenvalue weighted by Gasteiger charge is -2.35. The maximum Gasteiger partial charge on any atom is 0.290 e. The monoisotopic (exact) mass is 433 g/mol. The molecule has 2 aromatic rings. The molecule has 1 unspecified atom stereocenters. The maximum absolute atomic E-state index is 12.9. The van der Waals surface area contributed by atoms with Gasteiger partial charge in [-0.2, -0.15) is 0 Å². The normalized spacial score (nSPS) is 16.4. The van der Waals surface area contributed by atoms with E-state index in [1.54, 1.807) is 19.1 Å². The topological polar surface area (TPSA) is 99.9 Å². The summed E-state index contributed by atoms with van der Waals surface area (Å²) in [6.07, 6.45) is 2.33. The van der Waals surface area contributed by atoms with Gasteiger partial charge in [-0.05, 0) is 36.6 Å². The summed E-state index contributed by atoms with van der Waals surface area (Å²) in [6, 6.07) is 10.3. The lowest BCUT2D eigenvalue weighted by atomic mass is 9.93. The number of benzene rings is 1. The molecule has 0 saturated carbocycles. The molecule has 0 spiro atoms.